The molecule has 2 N–H and O–H groups in total. The number of β-amino-alcohol motifs (C(OH)–C–C–N with tert-alkyl or cyclic N) is 1. The molecule has 2 aliphatic rings. The van der Waals surface area contributed by atoms with E-state index in [2.05, 4.69) is 22.3 Å². The molecule has 2 aliphatic heterocycles. The van der Waals surface area contributed by atoms with Gasteiger partial charge in [-0.1, -0.05) is 36.8 Å². The van der Waals surface area contributed by atoms with E-state index in [0.29, 0.717) is 39.1 Å². The topological polar surface area (TPSA) is 93.2 Å². The zero-order valence-corrected chi connectivity index (χ0v) is 16.0. The summed E-state index contributed by atoms with van der Waals surface area (Å²) in [7, 11) is 0. The van der Waals surface area contributed by atoms with Gasteiger partial charge in [-0.05, 0) is 24.8 Å². The Bertz CT molecular complexity index is 689. The minimum absolute atomic E-state index is 0.0860. The van der Waals surface area contributed by atoms with Crippen molar-refractivity contribution in [1.29, 1.82) is 0 Å². The Labute approximate surface area is 165 Å². The van der Waals surface area contributed by atoms with Crippen molar-refractivity contribution in [3.8, 4) is 0 Å². The molecule has 8 heteroatoms. The highest BCUT2D eigenvalue weighted by Crippen LogP contribution is 2.20. The van der Waals surface area contributed by atoms with Crippen LogP contribution >= 0.6 is 0 Å². The van der Waals surface area contributed by atoms with E-state index in [-0.39, 0.29) is 6.61 Å². The van der Waals surface area contributed by atoms with Gasteiger partial charge in [0.05, 0.1) is 6.61 Å². The lowest BCUT2D eigenvalue weighted by atomic mass is 9.96. The quantitative estimate of drug-likeness (QED) is 0.501. The largest absolute Gasteiger partial charge is 0.395 e. The minimum Gasteiger partial charge on any atom is -0.395 e. The molecule has 3 rings (SSSR count). The third-order valence-corrected chi connectivity index (χ3v) is 5.34. The summed E-state index contributed by atoms with van der Waals surface area (Å²) in [5.74, 6) is -1.74. The average molecular weight is 388 g/mol. The average Bonchev–Trinajstić information content (AvgIpc) is 2.69. The molecule has 28 heavy (non-hydrogen) atoms. The lowest BCUT2D eigenvalue weighted by Crippen LogP contribution is -2.66. The number of aryl methyl sites for hydroxylation is 1. The predicted molar refractivity (Wildman–Crippen MR) is 103 cm³/mol. The molecule has 0 radical (unpaired) electrons. The number of rotatable bonds is 8. The highest BCUT2D eigenvalue weighted by Gasteiger charge is 2.43. The van der Waals surface area contributed by atoms with Crippen molar-refractivity contribution in [3.05, 3.63) is 35.9 Å². The summed E-state index contributed by atoms with van der Waals surface area (Å²) in [6.45, 7) is 3.00. The van der Waals surface area contributed by atoms with Crippen LogP contribution in [0.4, 0.5) is 4.79 Å². The molecule has 1 unspecified atom stereocenters. The molecule has 2 fully saturated rings. The molecule has 1 aromatic carbocycles. The van der Waals surface area contributed by atoms with Gasteiger partial charge in [-0.15, -0.1) is 0 Å². The fourth-order valence-corrected chi connectivity index (χ4v) is 3.75. The first-order chi connectivity index (χ1) is 13.6. The molecule has 152 valence electrons. The fourth-order valence-electron chi connectivity index (χ4n) is 3.75. The van der Waals surface area contributed by atoms with E-state index in [1.807, 2.05) is 18.2 Å². The second kappa shape index (κ2) is 9.77. The maximum absolute atomic E-state index is 12.9. The number of hydrogen-bond donors (Lipinski definition) is 2. The van der Waals surface area contributed by atoms with Gasteiger partial charge in [0, 0.05) is 32.7 Å². The summed E-state index contributed by atoms with van der Waals surface area (Å²) in [4.78, 5) is 39.4. The van der Waals surface area contributed by atoms with Crippen LogP contribution in [0.3, 0.4) is 0 Å². The number of piperazine rings is 1. The monoisotopic (exact) mass is 388 g/mol. The zero-order chi connectivity index (χ0) is 19.9. The molecule has 2 heterocycles. The van der Waals surface area contributed by atoms with E-state index in [0.717, 1.165) is 24.3 Å². The standard InChI is InChI=1S/C20H28N4O4/c25-15-14-22-10-12-23(13-11-22)24-19(27)17(18(26)21-20(24)28)9-5-4-8-16-6-2-1-3-7-16/h1-3,6-7,17,25H,4-5,8-15H2,(H,21,26,28). The van der Waals surface area contributed by atoms with Gasteiger partial charge in [0.2, 0.25) is 5.91 Å². The van der Waals surface area contributed by atoms with E-state index >= 15 is 0 Å². The summed E-state index contributed by atoms with van der Waals surface area (Å²) < 4.78 is 0. The molecular weight excluding hydrogens is 360 g/mol. The SMILES string of the molecule is O=C1NC(=O)N(N2CCN(CCO)CC2)C(=O)C1CCCCc1ccccc1. The Hall–Kier alpha value is -2.29. The summed E-state index contributed by atoms with van der Waals surface area (Å²) in [6.07, 6.45) is 2.96. The molecule has 0 saturated carbocycles. The van der Waals surface area contributed by atoms with Crippen LogP contribution < -0.4 is 5.32 Å². The van der Waals surface area contributed by atoms with Crippen molar-refractivity contribution in [2.75, 3.05) is 39.3 Å². The molecule has 8 nitrogen and oxygen atoms in total. The zero-order valence-electron chi connectivity index (χ0n) is 16.0. The molecular formula is C20H28N4O4. The van der Waals surface area contributed by atoms with Crippen LogP contribution in [-0.4, -0.2) is 77.2 Å². The molecule has 0 aliphatic carbocycles. The Morgan fingerprint density at radius 3 is 2.39 bits per heavy atom. The Morgan fingerprint density at radius 1 is 1.00 bits per heavy atom. The van der Waals surface area contributed by atoms with Crippen LogP contribution in [0.2, 0.25) is 0 Å². The lowest BCUT2D eigenvalue weighted by Gasteiger charge is -2.42. The number of imide groups is 2. The first-order valence-electron chi connectivity index (χ1n) is 9.91. The first-order valence-corrected chi connectivity index (χ1v) is 9.91. The fraction of sp³-hybridized carbons (Fsp3) is 0.550. The molecule has 0 aromatic heterocycles. The number of hydrazine groups is 1. The van der Waals surface area contributed by atoms with Crippen molar-refractivity contribution in [2.45, 2.75) is 25.7 Å². The van der Waals surface area contributed by atoms with E-state index in [9.17, 15) is 14.4 Å². The summed E-state index contributed by atoms with van der Waals surface area (Å²) in [6, 6.07) is 9.44. The number of aliphatic hydroxyl groups excluding tert-OH is 1. The minimum atomic E-state index is -0.816. The van der Waals surface area contributed by atoms with Crippen LogP contribution in [-0.2, 0) is 16.0 Å². The molecule has 1 aromatic rings. The van der Waals surface area contributed by atoms with Gasteiger partial charge in [-0.25, -0.2) is 9.80 Å². The van der Waals surface area contributed by atoms with Crippen LogP contribution in [0.25, 0.3) is 0 Å². The van der Waals surface area contributed by atoms with Gasteiger partial charge in [-0.3, -0.25) is 19.8 Å². The third kappa shape index (κ3) is 4.95. The molecule has 4 amide bonds. The van der Waals surface area contributed by atoms with Gasteiger partial charge in [-0.2, -0.15) is 5.01 Å². The number of urea groups is 1. The maximum atomic E-state index is 12.9. The Kier molecular flexibility index (Phi) is 7.13. The number of carbonyl (C=O) groups is 3. The highest BCUT2D eigenvalue weighted by molar-refractivity contribution is 6.15. The van der Waals surface area contributed by atoms with Crippen molar-refractivity contribution in [1.82, 2.24) is 20.2 Å². The smallest absolute Gasteiger partial charge is 0.345 e. The van der Waals surface area contributed by atoms with Gasteiger partial charge in [0.25, 0.3) is 5.91 Å². The van der Waals surface area contributed by atoms with E-state index in [4.69, 9.17) is 5.11 Å². The molecule has 0 bridgehead atoms. The summed E-state index contributed by atoms with van der Waals surface area (Å²) in [5, 5.41) is 14.2. The number of amides is 4. The number of nitrogens with one attached hydrogen (secondary N) is 1. The summed E-state index contributed by atoms with van der Waals surface area (Å²) >= 11 is 0. The van der Waals surface area contributed by atoms with Crippen molar-refractivity contribution in [3.63, 3.8) is 0 Å². The van der Waals surface area contributed by atoms with Crippen molar-refractivity contribution in [2.24, 2.45) is 5.92 Å². The van der Waals surface area contributed by atoms with E-state index in [1.54, 1.807) is 5.01 Å². The second-order valence-corrected chi connectivity index (χ2v) is 7.25. The van der Waals surface area contributed by atoms with Gasteiger partial charge < -0.3 is 5.11 Å². The lowest BCUT2D eigenvalue weighted by molar-refractivity contribution is -0.156. The number of carbonyl (C=O) groups excluding carboxylic acids is 3. The third-order valence-electron chi connectivity index (χ3n) is 5.34. The second-order valence-electron chi connectivity index (χ2n) is 7.25. The number of nitrogens with zero attached hydrogens (tertiary/aromatic N) is 3. The Morgan fingerprint density at radius 2 is 1.71 bits per heavy atom. The molecule has 1 atom stereocenters. The van der Waals surface area contributed by atoms with Crippen LogP contribution in [0, 0.1) is 5.92 Å². The van der Waals surface area contributed by atoms with Crippen LogP contribution in [0.15, 0.2) is 30.3 Å². The molecule has 0 spiro atoms. The van der Waals surface area contributed by atoms with Gasteiger partial charge in [0.1, 0.15) is 5.92 Å². The highest BCUT2D eigenvalue weighted by atomic mass is 16.3. The maximum Gasteiger partial charge on any atom is 0.345 e. The van der Waals surface area contributed by atoms with Gasteiger partial charge >= 0.3 is 6.03 Å². The number of hydrogen-bond acceptors (Lipinski definition) is 6. The van der Waals surface area contributed by atoms with Crippen molar-refractivity contribution < 1.29 is 19.5 Å². The molecule has 2 saturated heterocycles. The van der Waals surface area contributed by atoms with Crippen LogP contribution in [0.1, 0.15) is 24.8 Å². The number of barbiturate groups is 1. The van der Waals surface area contributed by atoms with Gasteiger partial charge in [0.15, 0.2) is 0 Å². The van der Waals surface area contributed by atoms with Crippen LogP contribution in [0.5, 0.6) is 0 Å². The first kappa shape index (κ1) is 20.4. The Balaban J connectivity index is 1.53. The van der Waals surface area contributed by atoms with Crippen molar-refractivity contribution >= 4 is 17.8 Å². The van der Waals surface area contributed by atoms with E-state index in [1.165, 1.54) is 5.56 Å². The number of unbranched alkanes of at least 4 members (excludes halogenated alkanes) is 1. The summed E-state index contributed by atoms with van der Waals surface area (Å²) in [5.41, 5.74) is 1.24. The predicted octanol–water partition coefficient (Wildman–Crippen LogP) is 0.619. The number of benzene rings is 1. The normalized spacial score (nSPS) is 21.8. The van der Waals surface area contributed by atoms with E-state index < -0.39 is 23.8 Å². The number of aliphatic hydroxyl groups is 1.